The number of carbonyl (C=O) groups excluding carboxylic acids is 1. The topological polar surface area (TPSA) is 41.1 Å². The molecule has 2 rings (SSSR count). The van der Waals surface area contributed by atoms with Gasteiger partial charge < -0.3 is 5.32 Å². The quantitative estimate of drug-likeness (QED) is 0.603. The second kappa shape index (κ2) is 8.08. The fourth-order valence-corrected chi connectivity index (χ4v) is 3.56. The molecule has 20 heavy (non-hydrogen) atoms. The maximum atomic E-state index is 12.3. The summed E-state index contributed by atoms with van der Waals surface area (Å²) in [5.74, 6) is 0.321. The van der Waals surface area contributed by atoms with Gasteiger partial charge in [-0.25, -0.2) is 0 Å². The average Bonchev–Trinajstić information content (AvgIpc) is 2.46. The Morgan fingerprint density at radius 2 is 1.85 bits per heavy atom. The van der Waals surface area contributed by atoms with Gasteiger partial charge in [0.25, 0.3) is 0 Å². The Hall–Kier alpha value is -0.480. The van der Waals surface area contributed by atoms with Crippen LogP contribution in [0.3, 0.4) is 0 Å². The van der Waals surface area contributed by atoms with Gasteiger partial charge in [0, 0.05) is 17.3 Å². The third-order valence-electron chi connectivity index (χ3n) is 4.11. The highest BCUT2D eigenvalue weighted by molar-refractivity contribution is 7.98. The van der Waals surface area contributed by atoms with Gasteiger partial charge in [0.15, 0.2) is 0 Å². The molecule has 2 aliphatic carbocycles. The molecule has 0 heterocycles. The van der Waals surface area contributed by atoms with E-state index in [2.05, 4.69) is 36.0 Å². The standard InChI is InChI=1S/C16H28N2OS/c1-12(2)20-18-15-10-8-13(9-11-15)16(19)17-14-6-4-3-5-7-14/h8,10,12-15,18H,3-7,9,11H2,1-2H3,(H,17,19). The Labute approximate surface area is 127 Å². The molecule has 3 nitrogen and oxygen atoms in total. The molecule has 0 spiro atoms. The average molecular weight is 296 g/mol. The predicted molar refractivity (Wildman–Crippen MR) is 86.5 cm³/mol. The Kier molecular flexibility index (Phi) is 6.43. The number of amides is 1. The van der Waals surface area contributed by atoms with Gasteiger partial charge in [-0.15, -0.1) is 0 Å². The summed E-state index contributed by atoms with van der Waals surface area (Å²) in [7, 11) is 0. The minimum Gasteiger partial charge on any atom is -0.353 e. The van der Waals surface area contributed by atoms with Crippen LogP contribution in [-0.4, -0.2) is 23.2 Å². The SMILES string of the molecule is CC(C)SNC1C=CC(C(=O)NC2CCCCC2)CC1. The molecule has 2 atom stereocenters. The zero-order valence-electron chi connectivity index (χ0n) is 12.7. The van der Waals surface area contributed by atoms with Crippen LogP contribution in [-0.2, 0) is 4.79 Å². The van der Waals surface area contributed by atoms with E-state index in [-0.39, 0.29) is 11.8 Å². The van der Waals surface area contributed by atoms with E-state index in [4.69, 9.17) is 0 Å². The first-order valence-corrected chi connectivity index (χ1v) is 8.93. The lowest BCUT2D eigenvalue weighted by Crippen LogP contribution is -2.40. The maximum Gasteiger partial charge on any atom is 0.227 e. The summed E-state index contributed by atoms with van der Waals surface area (Å²) in [6, 6.07) is 0.845. The Balaban J connectivity index is 1.73. The second-order valence-electron chi connectivity index (χ2n) is 6.30. The maximum absolute atomic E-state index is 12.3. The summed E-state index contributed by atoms with van der Waals surface area (Å²) in [6.07, 6.45) is 12.5. The van der Waals surface area contributed by atoms with Crippen molar-refractivity contribution in [3.8, 4) is 0 Å². The van der Waals surface area contributed by atoms with Crippen molar-refractivity contribution < 1.29 is 4.79 Å². The minimum absolute atomic E-state index is 0.0824. The molecule has 1 fully saturated rings. The van der Waals surface area contributed by atoms with Gasteiger partial charge >= 0.3 is 0 Å². The van der Waals surface area contributed by atoms with E-state index in [1.54, 1.807) is 11.9 Å². The zero-order valence-corrected chi connectivity index (χ0v) is 13.5. The summed E-state index contributed by atoms with van der Waals surface area (Å²) in [5, 5.41) is 3.83. The molecule has 0 aromatic rings. The molecule has 0 aliphatic heterocycles. The third-order valence-corrected chi connectivity index (χ3v) is 5.02. The number of rotatable bonds is 5. The van der Waals surface area contributed by atoms with Crippen molar-refractivity contribution in [2.45, 2.75) is 76.1 Å². The van der Waals surface area contributed by atoms with Crippen LogP contribution >= 0.6 is 11.9 Å². The first-order valence-electron chi connectivity index (χ1n) is 8.05. The summed E-state index contributed by atoms with van der Waals surface area (Å²) < 4.78 is 3.46. The summed E-state index contributed by atoms with van der Waals surface area (Å²) >= 11 is 1.77. The van der Waals surface area contributed by atoms with Crippen LogP contribution in [0.15, 0.2) is 12.2 Å². The van der Waals surface area contributed by atoms with Crippen LogP contribution in [0.25, 0.3) is 0 Å². The summed E-state index contributed by atoms with van der Waals surface area (Å²) in [4.78, 5) is 12.3. The number of hydrogen-bond acceptors (Lipinski definition) is 3. The number of nitrogens with one attached hydrogen (secondary N) is 2. The van der Waals surface area contributed by atoms with E-state index in [1.165, 1.54) is 19.3 Å². The van der Waals surface area contributed by atoms with Crippen LogP contribution in [0.5, 0.6) is 0 Å². The lowest BCUT2D eigenvalue weighted by Gasteiger charge is -2.27. The molecule has 0 radical (unpaired) electrons. The van der Waals surface area contributed by atoms with Gasteiger partial charge in [-0.2, -0.15) is 0 Å². The van der Waals surface area contributed by atoms with Crippen LogP contribution < -0.4 is 10.0 Å². The molecule has 2 N–H and O–H groups in total. The van der Waals surface area contributed by atoms with E-state index in [0.29, 0.717) is 17.3 Å². The van der Waals surface area contributed by atoms with Gasteiger partial charge in [0.2, 0.25) is 5.91 Å². The van der Waals surface area contributed by atoms with E-state index < -0.39 is 0 Å². The van der Waals surface area contributed by atoms with Crippen LogP contribution in [0.2, 0.25) is 0 Å². The highest BCUT2D eigenvalue weighted by atomic mass is 32.2. The fraction of sp³-hybridized carbons (Fsp3) is 0.812. The zero-order chi connectivity index (χ0) is 14.4. The molecule has 0 aromatic heterocycles. The molecule has 0 bridgehead atoms. The Morgan fingerprint density at radius 3 is 2.45 bits per heavy atom. The smallest absolute Gasteiger partial charge is 0.227 e. The predicted octanol–water partition coefficient (Wildman–Crippen LogP) is 3.42. The van der Waals surface area contributed by atoms with Gasteiger partial charge in [0.05, 0.1) is 5.92 Å². The highest BCUT2D eigenvalue weighted by Crippen LogP contribution is 2.22. The Bertz CT molecular complexity index is 337. The van der Waals surface area contributed by atoms with Crippen molar-refractivity contribution in [3.63, 3.8) is 0 Å². The largest absolute Gasteiger partial charge is 0.353 e. The molecule has 4 heteroatoms. The lowest BCUT2D eigenvalue weighted by atomic mass is 9.91. The molecule has 0 saturated heterocycles. The van der Waals surface area contributed by atoms with Crippen LogP contribution in [0.1, 0.15) is 58.8 Å². The normalized spacial score (nSPS) is 27.8. The van der Waals surface area contributed by atoms with Crippen molar-refractivity contribution in [2.24, 2.45) is 5.92 Å². The van der Waals surface area contributed by atoms with Crippen molar-refractivity contribution in [3.05, 3.63) is 12.2 Å². The van der Waals surface area contributed by atoms with Crippen molar-refractivity contribution in [1.29, 1.82) is 0 Å². The first kappa shape index (κ1) is 15.9. The van der Waals surface area contributed by atoms with E-state index >= 15 is 0 Å². The third kappa shape index (κ3) is 5.13. The molecule has 1 amide bonds. The molecule has 0 aromatic carbocycles. The molecule has 2 unspecified atom stereocenters. The Morgan fingerprint density at radius 1 is 1.10 bits per heavy atom. The second-order valence-corrected chi connectivity index (χ2v) is 7.72. The van der Waals surface area contributed by atoms with E-state index in [9.17, 15) is 4.79 Å². The highest BCUT2D eigenvalue weighted by Gasteiger charge is 2.24. The van der Waals surface area contributed by atoms with Crippen LogP contribution in [0.4, 0.5) is 0 Å². The van der Waals surface area contributed by atoms with Gasteiger partial charge in [0.1, 0.15) is 0 Å². The van der Waals surface area contributed by atoms with Gasteiger partial charge in [-0.3, -0.25) is 9.52 Å². The van der Waals surface area contributed by atoms with Crippen molar-refractivity contribution in [2.75, 3.05) is 0 Å². The number of hydrogen-bond donors (Lipinski definition) is 2. The minimum atomic E-state index is 0.0824. The number of carbonyl (C=O) groups is 1. The summed E-state index contributed by atoms with van der Waals surface area (Å²) in [6.45, 7) is 4.37. The molecule has 114 valence electrons. The van der Waals surface area contributed by atoms with Crippen molar-refractivity contribution in [1.82, 2.24) is 10.0 Å². The molecule has 1 saturated carbocycles. The molecule has 2 aliphatic rings. The monoisotopic (exact) mass is 296 g/mol. The fourth-order valence-electron chi connectivity index (χ4n) is 2.92. The first-order chi connectivity index (χ1) is 9.65. The lowest BCUT2D eigenvalue weighted by molar-refractivity contribution is -0.124. The van der Waals surface area contributed by atoms with E-state index in [0.717, 1.165) is 25.7 Å². The summed E-state index contributed by atoms with van der Waals surface area (Å²) in [5.41, 5.74) is 0. The molecular formula is C16H28N2OS. The molecular weight excluding hydrogens is 268 g/mol. The van der Waals surface area contributed by atoms with E-state index in [1.807, 2.05) is 0 Å². The van der Waals surface area contributed by atoms with Crippen molar-refractivity contribution >= 4 is 17.9 Å². The van der Waals surface area contributed by atoms with Crippen LogP contribution in [0, 0.1) is 5.92 Å². The van der Waals surface area contributed by atoms with Gasteiger partial charge in [-0.05, 0) is 25.7 Å². The van der Waals surface area contributed by atoms with Gasteiger partial charge in [-0.1, -0.05) is 57.2 Å².